The Labute approximate surface area is 234 Å². The predicted octanol–water partition coefficient (Wildman–Crippen LogP) is 6.82. The van der Waals surface area contributed by atoms with Crippen LogP contribution in [0.4, 0.5) is 0 Å². The summed E-state index contributed by atoms with van der Waals surface area (Å²) in [7, 11) is 0. The van der Waals surface area contributed by atoms with Crippen LogP contribution in [-0.4, -0.2) is 60.9 Å². The second kappa shape index (κ2) is 17.2. The molecule has 0 bridgehead atoms. The number of unbranched alkanes of at least 4 members (excludes halogenated alkanes) is 8. The Balaban J connectivity index is 1.52. The van der Waals surface area contributed by atoms with E-state index in [4.69, 9.17) is 29.2 Å². The first-order valence-electron chi connectivity index (χ1n) is 14.9. The minimum absolute atomic E-state index is 0.0419. The first kappa shape index (κ1) is 31.8. The topological polar surface area (TPSA) is 115 Å². The molecule has 2 saturated heterocycles. The molecule has 3 rings (SSSR count). The molecule has 0 aliphatic carbocycles. The van der Waals surface area contributed by atoms with E-state index in [1.165, 1.54) is 51.4 Å². The summed E-state index contributed by atoms with van der Waals surface area (Å²) in [6.45, 7) is 7.11. The molecule has 0 amide bonds. The van der Waals surface area contributed by atoms with Crippen molar-refractivity contribution < 1.29 is 28.8 Å². The minimum Gasteiger partial charge on any atom is -0.375 e. The van der Waals surface area contributed by atoms with Crippen molar-refractivity contribution >= 4 is 0 Å². The van der Waals surface area contributed by atoms with Crippen molar-refractivity contribution in [2.45, 2.75) is 141 Å². The zero-order chi connectivity index (χ0) is 27.9. The quantitative estimate of drug-likeness (QED) is 0.0933. The van der Waals surface area contributed by atoms with Crippen molar-refractivity contribution in [3.8, 4) is 0 Å². The highest BCUT2D eigenvalue weighted by Crippen LogP contribution is 2.34. The van der Waals surface area contributed by atoms with E-state index < -0.39 is 36.4 Å². The maximum atomic E-state index is 10.5. The first-order valence-corrected chi connectivity index (χ1v) is 14.9. The number of rotatable bonds is 18. The van der Waals surface area contributed by atoms with E-state index in [1.807, 2.05) is 32.0 Å². The lowest BCUT2D eigenvalue weighted by Gasteiger charge is -2.49. The van der Waals surface area contributed by atoms with Crippen LogP contribution in [0.3, 0.4) is 0 Å². The maximum absolute atomic E-state index is 10.5. The van der Waals surface area contributed by atoms with Crippen molar-refractivity contribution in [3.05, 3.63) is 46.3 Å². The van der Waals surface area contributed by atoms with Crippen LogP contribution in [0, 0.1) is 0 Å². The minimum atomic E-state index is -1.28. The number of fused-ring (bicyclic) bond motifs is 1. The van der Waals surface area contributed by atoms with Crippen LogP contribution in [0.25, 0.3) is 10.4 Å². The fourth-order valence-corrected chi connectivity index (χ4v) is 5.32. The smallest absolute Gasteiger partial charge is 0.166 e. The molecular weight excluding hydrogens is 498 g/mol. The van der Waals surface area contributed by atoms with E-state index in [-0.39, 0.29) is 12.7 Å². The molecular formula is C30H49N3O6. The zero-order valence-electron chi connectivity index (χ0n) is 24.1. The normalized spacial score (nSPS) is 26.9. The molecule has 1 aromatic rings. The Kier molecular flexibility index (Phi) is 14.0. The van der Waals surface area contributed by atoms with Gasteiger partial charge in [0.2, 0.25) is 0 Å². The van der Waals surface area contributed by atoms with Crippen molar-refractivity contribution in [3.63, 3.8) is 0 Å². The van der Waals surface area contributed by atoms with Crippen molar-refractivity contribution in [2.75, 3.05) is 13.2 Å². The van der Waals surface area contributed by atoms with Gasteiger partial charge in [0.25, 0.3) is 0 Å². The van der Waals surface area contributed by atoms with Crippen LogP contribution >= 0.6 is 0 Å². The SMILES string of the molecule is CCCCCCCCCCC[C@H](CCO[C@H]1[C@@H]2OC(C)(C)OC[C@H]2OC(O)[C@@H]1N=[N+]=[N-])OCc1ccccc1. The van der Waals surface area contributed by atoms with Crippen LogP contribution in [-0.2, 0) is 30.3 Å². The third-order valence-corrected chi connectivity index (χ3v) is 7.54. The highest BCUT2D eigenvalue weighted by Gasteiger charge is 2.51. The Hall–Kier alpha value is -1.71. The number of hydrogen-bond donors (Lipinski definition) is 1. The van der Waals surface area contributed by atoms with Gasteiger partial charge in [0.1, 0.15) is 18.2 Å². The van der Waals surface area contributed by atoms with E-state index in [0.717, 1.165) is 18.4 Å². The predicted molar refractivity (Wildman–Crippen MR) is 150 cm³/mol. The molecule has 0 spiro atoms. The van der Waals surface area contributed by atoms with Crippen molar-refractivity contribution in [2.24, 2.45) is 5.11 Å². The van der Waals surface area contributed by atoms with E-state index in [0.29, 0.717) is 19.6 Å². The first-order chi connectivity index (χ1) is 18.9. The third-order valence-electron chi connectivity index (χ3n) is 7.54. The number of ether oxygens (including phenoxy) is 5. The number of aliphatic hydroxyl groups is 1. The van der Waals surface area contributed by atoms with Gasteiger partial charge in [-0.2, -0.15) is 0 Å². The average Bonchev–Trinajstić information content (AvgIpc) is 2.92. The van der Waals surface area contributed by atoms with Gasteiger partial charge in [-0.05, 0) is 37.8 Å². The second-order valence-corrected chi connectivity index (χ2v) is 11.2. The van der Waals surface area contributed by atoms with Crippen LogP contribution in [0.1, 0.15) is 97.0 Å². The molecule has 1 N–H and O–H groups in total. The summed E-state index contributed by atoms with van der Waals surface area (Å²) in [4.78, 5) is 2.92. The Morgan fingerprint density at radius 2 is 1.74 bits per heavy atom. The molecule has 0 saturated carbocycles. The highest BCUT2D eigenvalue weighted by molar-refractivity contribution is 5.13. The van der Waals surface area contributed by atoms with Gasteiger partial charge in [0.05, 0.1) is 25.4 Å². The summed E-state index contributed by atoms with van der Waals surface area (Å²) in [6, 6.07) is 9.29. The fourth-order valence-electron chi connectivity index (χ4n) is 5.32. The summed E-state index contributed by atoms with van der Waals surface area (Å²) in [6.07, 6.45) is 10.3. The maximum Gasteiger partial charge on any atom is 0.166 e. The van der Waals surface area contributed by atoms with Gasteiger partial charge in [-0.1, -0.05) is 100 Å². The molecule has 1 unspecified atom stereocenters. The Bertz CT molecular complexity index is 850. The standard InChI is InChI=1S/C30H49N3O6/c1-4-5-6-7-8-9-10-11-15-18-24(36-21-23-16-13-12-14-17-23)19-20-35-28-26(32-33-31)29(34)38-25-22-37-30(2,3)39-27(25)28/h12-14,16-17,24-29,34H,4-11,15,18-22H2,1-3H3/t24-,25-,26-,27-,28-,29?/m1/s1. The van der Waals surface area contributed by atoms with E-state index in [2.05, 4.69) is 29.1 Å². The van der Waals surface area contributed by atoms with Gasteiger partial charge in [0, 0.05) is 11.5 Å². The summed E-state index contributed by atoms with van der Waals surface area (Å²) in [5.41, 5.74) is 10.3. The van der Waals surface area contributed by atoms with Crippen LogP contribution in [0.5, 0.6) is 0 Å². The van der Waals surface area contributed by atoms with Crippen LogP contribution in [0.2, 0.25) is 0 Å². The molecule has 2 aliphatic heterocycles. The molecule has 9 heteroatoms. The van der Waals surface area contributed by atoms with Gasteiger partial charge in [0.15, 0.2) is 12.1 Å². The van der Waals surface area contributed by atoms with Crippen molar-refractivity contribution in [1.29, 1.82) is 0 Å². The third kappa shape index (κ3) is 11.0. The lowest BCUT2D eigenvalue weighted by molar-refractivity contribution is -0.366. The van der Waals surface area contributed by atoms with Gasteiger partial charge >= 0.3 is 0 Å². The average molecular weight is 548 g/mol. The largest absolute Gasteiger partial charge is 0.375 e. The van der Waals surface area contributed by atoms with E-state index in [1.54, 1.807) is 0 Å². The summed E-state index contributed by atoms with van der Waals surface area (Å²) >= 11 is 0. The Morgan fingerprint density at radius 3 is 2.44 bits per heavy atom. The molecule has 6 atom stereocenters. The van der Waals surface area contributed by atoms with E-state index in [9.17, 15) is 5.11 Å². The molecule has 0 aromatic heterocycles. The van der Waals surface area contributed by atoms with Crippen LogP contribution < -0.4 is 0 Å². The van der Waals surface area contributed by atoms with Gasteiger partial charge in [-0.15, -0.1) is 0 Å². The van der Waals surface area contributed by atoms with Crippen molar-refractivity contribution in [1.82, 2.24) is 0 Å². The molecule has 220 valence electrons. The molecule has 39 heavy (non-hydrogen) atoms. The second-order valence-electron chi connectivity index (χ2n) is 11.2. The molecule has 1 aromatic carbocycles. The summed E-state index contributed by atoms with van der Waals surface area (Å²) < 4.78 is 30.1. The number of hydrogen-bond acceptors (Lipinski definition) is 7. The molecule has 2 fully saturated rings. The molecule has 0 radical (unpaired) electrons. The summed E-state index contributed by atoms with van der Waals surface area (Å²) in [5, 5.41) is 14.3. The lowest BCUT2D eigenvalue weighted by Crippen LogP contribution is -2.64. The van der Waals surface area contributed by atoms with Crippen LogP contribution in [0.15, 0.2) is 35.4 Å². The highest BCUT2D eigenvalue weighted by atomic mass is 16.7. The van der Waals surface area contributed by atoms with E-state index >= 15 is 0 Å². The lowest BCUT2D eigenvalue weighted by atomic mass is 9.95. The number of benzene rings is 1. The molecule has 2 heterocycles. The fraction of sp³-hybridized carbons (Fsp3) is 0.800. The number of nitrogens with zero attached hydrogens (tertiary/aromatic N) is 3. The van der Waals surface area contributed by atoms with Gasteiger partial charge in [-0.3, -0.25) is 0 Å². The summed E-state index contributed by atoms with van der Waals surface area (Å²) in [5.74, 6) is -0.827. The van der Waals surface area contributed by atoms with Gasteiger partial charge < -0.3 is 28.8 Å². The monoisotopic (exact) mass is 547 g/mol. The number of aliphatic hydroxyl groups excluding tert-OH is 1. The number of azide groups is 1. The van der Waals surface area contributed by atoms with Gasteiger partial charge in [-0.25, -0.2) is 0 Å². The zero-order valence-corrected chi connectivity index (χ0v) is 24.1. The Morgan fingerprint density at radius 1 is 1.05 bits per heavy atom. The molecule has 9 nitrogen and oxygen atoms in total. The molecule has 2 aliphatic rings.